The molecule has 1 aliphatic rings. The molecule has 4 rings (SSSR count). The van der Waals surface area contributed by atoms with Crippen molar-refractivity contribution in [1.82, 2.24) is 20.2 Å². The summed E-state index contributed by atoms with van der Waals surface area (Å²) in [5, 5.41) is 6.35. The van der Waals surface area contributed by atoms with Gasteiger partial charge in [0.25, 0.3) is 0 Å². The first-order valence-corrected chi connectivity index (χ1v) is 11.4. The molecule has 0 aliphatic carbocycles. The standard InChI is InChI=1S/C24H24N4O4S/c1-3-32-22(29)20-19(26-23(30)27-21(20)16-8-5-4-6-9-16)15-33-24-25-12-13-28(24)17-10-7-11-18(14-17)31-2/h4-14,21H,3,15H2,1-2H3,(H2,26,27,30). The summed E-state index contributed by atoms with van der Waals surface area (Å²) in [6.45, 7) is 1.99. The lowest BCUT2D eigenvalue weighted by Gasteiger charge is -2.29. The van der Waals surface area contributed by atoms with Crippen LogP contribution >= 0.6 is 11.8 Å². The number of methoxy groups -OCH3 is 1. The summed E-state index contributed by atoms with van der Waals surface area (Å²) in [5.41, 5.74) is 2.58. The predicted octanol–water partition coefficient (Wildman–Crippen LogP) is 3.84. The summed E-state index contributed by atoms with van der Waals surface area (Å²) in [5.74, 6) is 0.595. The Morgan fingerprint density at radius 3 is 2.76 bits per heavy atom. The molecule has 1 atom stereocenters. The Kier molecular flexibility index (Phi) is 6.99. The zero-order valence-electron chi connectivity index (χ0n) is 18.3. The number of esters is 1. The van der Waals surface area contributed by atoms with Crippen molar-refractivity contribution in [3.05, 3.63) is 83.8 Å². The molecule has 2 amide bonds. The molecular formula is C24H24N4O4S. The van der Waals surface area contributed by atoms with Crippen molar-refractivity contribution in [3.63, 3.8) is 0 Å². The number of nitrogens with zero attached hydrogens (tertiary/aromatic N) is 2. The number of urea groups is 1. The largest absolute Gasteiger partial charge is 0.497 e. The van der Waals surface area contributed by atoms with Crippen molar-refractivity contribution in [2.45, 2.75) is 18.1 Å². The van der Waals surface area contributed by atoms with Crippen LogP contribution < -0.4 is 15.4 Å². The molecule has 0 saturated heterocycles. The maximum Gasteiger partial charge on any atom is 0.338 e. The summed E-state index contributed by atoms with van der Waals surface area (Å²) in [4.78, 5) is 29.8. The maximum atomic E-state index is 12.9. The number of imidazole rings is 1. The number of carbonyl (C=O) groups is 2. The van der Waals surface area contributed by atoms with Crippen molar-refractivity contribution >= 4 is 23.8 Å². The lowest BCUT2D eigenvalue weighted by atomic mass is 9.95. The monoisotopic (exact) mass is 464 g/mol. The number of thioether (sulfide) groups is 1. The van der Waals surface area contributed by atoms with Crippen LogP contribution in [0.1, 0.15) is 18.5 Å². The van der Waals surface area contributed by atoms with Gasteiger partial charge in [-0.05, 0) is 24.6 Å². The van der Waals surface area contributed by atoms with Gasteiger partial charge in [-0.25, -0.2) is 14.6 Å². The average Bonchev–Trinajstić information content (AvgIpc) is 3.31. The Morgan fingerprint density at radius 1 is 1.18 bits per heavy atom. The molecule has 0 bridgehead atoms. The second-order valence-electron chi connectivity index (χ2n) is 7.12. The highest BCUT2D eigenvalue weighted by molar-refractivity contribution is 7.99. The van der Waals surface area contributed by atoms with Crippen LogP contribution in [0.3, 0.4) is 0 Å². The minimum Gasteiger partial charge on any atom is -0.497 e. The molecule has 170 valence electrons. The van der Waals surface area contributed by atoms with Crippen molar-refractivity contribution in [1.29, 1.82) is 0 Å². The van der Waals surface area contributed by atoms with Crippen LogP contribution in [-0.2, 0) is 9.53 Å². The van der Waals surface area contributed by atoms with Gasteiger partial charge in [-0.1, -0.05) is 48.2 Å². The Bertz CT molecular complexity index is 1180. The van der Waals surface area contributed by atoms with Crippen LogP contribution in [0.25, 0.3) is 5.69 Å². The highest BCUT2D eigenvalue weighted by Crippen LogP contribution is 2.31. The number of carbonyl (C=O) groups excluding carboxylic acids is 2. The van der Waals surface area contributed by atoms with Crippen LogP contribution in [0.15, 0.2) is 83.4 Å². The zero-order chi connectivity index (χ0) is 23.2. The zero-order valence-corrected chi connectivity index (χ0v) is 19.1. The molecule has 2 N–H and O–H groups in total. The van der Waals surface area contributed by atoms with E-state index in [9.17, 15) is 9.59 Å². The number of amides is 2. The highest BCUT2D eigenvalue weighted by Gasteiger charge is 2.33. The molecule has 0 spiro atoms. The third-order valence-corrected chi connectivity index (χ3v) is 6.06. The molecule has 33 heavy (non-hydrogen) atoms. The third-order valence-electron chi connectivity index (χ3n) is 5.07. The molecule has 8 nitrogen and oxygen atoms in total. The average molecular weight is 465 g/mol. The van der Waals surface area contributed by atoms with Gasteiger partial charge in [0.2, 0.25) is 0 Å². The van der Waals surface area contributed by atoms with E-state index < -0.39 is 12.0 Å². The molecule has 3 aromatic rings. The van der Waals surface area contributed by atoms with Gasteiger partial charge in [-0.3, -0.25) is 4.57 Å². The van der Waals surface area contributed by atoms with E-state index in [0.717, 1.165) is 17.0 Å². The van der Waals surface area contributed by atoms with E-state index >= 15 is 0 Å². The summed E-state index contributed by atoms with van der Waals surface area (Å²) in [6.07, 6.45) is 3.56. The maximum absolute atomic E-state index is 12.9. The first-order chi connectivity index (χ1) is 16.1. The number of rotatable bonds is 8. The number of hydrogen-bond donors (Lipinski definition) is 2. The van der Waals surface area contributed by atoms with E-state index in [1.807, 2.05) is 65.4 Å². The van der Waals surface area contributed by atoms with E-state index in [4.69, 9.17) is 9.47 Å². The van der Waals surface area contributed by atoms with E-state index in [1.165, 1.54) is 11.8 Å². The Labute approximate surface area is 196 Å². The summed E-state index contributed by atoms with van der Waals surface area (Å²) < 4.78 is 12.6. The van der Waals surface area contributed by atoms with Crippen molar-refractivity contribution in [2.75, 3.05) is 19.5 Å². The lowest BCUT2D eigenvalue weighted by molar-refractivity contribution is -0.139. The molecule has 2 heterocycles. The topological polar surface area (TPSA) is 94.5 Å². The van der Waals surface area contributed by atoms with Gasteiger partial charge in [-0.15, -0.1) is 0 Å². The predicted molar refractivity (Wildman–Crippen MR) is 125 cm³/mol. The molecule has 1 aromatic heterocycles. The fourth-order valence-electron chi connectivity index (χ4n) is 3.57. The van der Waals surface area contributed by atoms with Gasteiger partial charge < -0.3 is 20.1 Å². The molecular weight excluding hydrogens is 440 g/mol. The fourth-order valence-corrected chi connectivity index (χ4v) is 4.51. The molecule has 0 fully saturated rings. The van der Waals surface area contributed by atoms with Crippen LogP contribution in [0, 0.1) is 0 Å². The van der Waals surface area contributed by atoms with Crippen LogP contribution in [0.5, 0.6) is 5.75 Å². The Morgan fingerprint density at radius 2 is 2.00 bits per heavy atom. The molecule has 0 radical (unpaired) electrons. The second kappa shape index (κ2) is 10.3. The number of aromatic nitrogens is 2. The lowest BCUT2D eigenvalue weighted by Crippen LogP contribution is -2.46. The van der Waals surface area contributed by atoms with E-state index in [1.54, 1.807) is 20.2 Å². The third kappa shape index (κ3) is 5.04. The minimum absolute atomic E-state index is 0.235. The van der Waals surface area contributed by atoms with Gasteiger partial charge in [0.05, 0.1) is 31.0 Å². The van der Waals surface area contributed by atoms with E-state index in [0.29, 0.717) is 22.2 Å². The van der Waals surface area contributed by atoms with Crippen molar-refractivity contribution in [3.8, 4) is 11.4 Å². The summed E-state index contributed by atoms with van der Waals surface area (Å²) in [7, 11) is 1.62. The number of ether oxygens (including phenoxy) is 2. The molecule has 0 saturated carbocycles. The van der Waals surface area contributed by atoms with Gasteiger partial charge in [0, 0.05) is 29.9 Å². The molecule has 9 heteroatoms. The number of benzene rings is 2. The smallest absolute Gasteiger partial charge is 0.338 e. The SMILES string of the molecule is CCOC(=O)C1=C(CSc2nccn2-c2cccc(OC)c2)NC(=O)NC1c1ccccc1. The van der Waals surface area contributed by atoms with Gasteiger partial charge in [0.15, 0.2) is 5.16 Å². The Balaban J connectivity index is 1.66. The fraction of sp³-hybridized carbons (Fsp3) is 0.208. The van der Waals surface area contributed by atoms with E-state index in [-0.39, 0.29) is 12.6 Å². The van der Waals surface area contributed by atoms with Crippen LogP contribution in [0.2, 0.25) is 0 Å². The summed E-state index contributed by atoms with van der Waals surface area (Å²) in [6, 6.07) is 16.0. The highest BCUT2D eigenvalue weighted by atomic mass is 32.2. The van der Waals surface area contributed by atoms with Gasteiger partial charge in [0.1, 0.15) is 5.75 Å². The normalized spacial score (nSPS) is 15.6. The summed E-state index contributed by atoms with van der Waals surface area (Å²) >= 11 is 1.41. The second-order valence-corrected chi connectivity index (χ2v) is 8.07. The van der Waals surface area contributed by atoms with Crippen molar-refractivity contribution < 1.29 is 19.1 Å². The molecule has 1 aliphatic heterocycles. The van der Waals surface area contributed by atoms with Crippen LogP contribution in [-0.4, -0.2) is 41.0 Å². The molecule has 1 unspecified atom stereocenters. The van der Waals surface area contributed by atoms with E-state index in [2.05, 4.69) is 15.6 Å². The first-order valence-electron chi connectivity index (χ1n) is 10.4. The number of hydrogen-bond acceptors (Lipinski definition) is 6. The molecule has 2 aromatic carbocycles. The quantitative estimate of drug-likeness (QED) is 0.389. The van der Waals surface area contributed by atoms with Crippen LogP contribution in [0.4, 0.5) is 4.79 Å². The first kappa shape index (κ1) is 22.5. The van der Waals surface area contributed by atoms with Gasteiger partial charge >= 0.3 is 12.0 Å². The van der Waals surface area contributed by atoms with Crippen molar-refractivity contribution in [2.24, 2.45) is 0 Å². The Hall–Kier alpha value is -3.72. The minimum atomic E-state index is -0.604. The van der Waals surface area contributed by atoms with Gasteiger partial charge in [-0.2, -0.15) is 0 Å². The number of nitrogens with one attached hydrogen (secondary N) is 2.